The first-order valence-corrected chi connectivity index (χ1v) is 7.91. The predicted molar refractivity (Wildman–Crippen MR) is 85.7 cm³/mol. The Hall–Kier alpha value is -1.55. The van der Waals surface area contributed by atoms with Crippen LogP contribution < -0.4 is 5.73 Å². The zero-order valence-electron chi connectivity index (χ0n) is 13.0. The highest BCUT2D eigenvalue weighted by Gasteiger charge is 2.38. The van der Waals surface area contributed by atoms with Gasteiger partial charge < -0.3 is 15.4 Å². The Labute approximate surface area is 127 Å². The molecule has 2 fully saturated rings. The molecule has 1 aliphatic carbocycles. The van der Waals surface area contributed by atoms with Crippen LogP contribution in [0.3, 0.4) is 0 Å². The normalized spacial score (nSPS) is 26.2. The highest BCUT2D eigenvalue weighted by molar-refractivity contribution is 5.78. The number of guanidine groups is 1. The summed E-state index contributed by atoms with van der Waals surface area (Å²) in [7, 11) is 0. The van der Waals surface area contributed by atoms with Gasteiger partial charge in [0.15, 0.2) is 5.96 Å². The van der Waals surface area contributed by atoms with Crippen LogP contribution in [0.15, 0.2) is 29.3 Å². The summed E-state index contributed by atoms with van der Waals surface area (Å²) in [5.41, 5.74) is 8.90. The zero-order chi connectivity index (χ0) is 14.8. The van der Waals surface area contributed by atoms with Gasteiger partial charge in [0.2, 0.25) is 0 Å². The molecule has 0 aromatic heterocycles. The number of morpholine rings is 1. The summed E-state index contributed by atoms with van der Waals surface area (Å²) in [5, 5.41) is 0. The number of rotatable bonds is 3. The molecule has 0 spiro atoms. The molecule has 2 N–H and O–H groups in total. The zero-order valence-corrected chi connectivity index (χ0v) is 13.0. The van der Waals surface area contributed by atoms with Crippen LogP contribution in [0.2, 0.25) is 0 Å². The molecule has 114 valence electrons. The van der Waals surface area contributed by atoms with E-state index in [1.807, 2.05) is 0 Å². The summed E-state index contributed by atoms with van der Waals surface area (Å²) in [4.78, 5) is 6.82. The van der Waals surface area contributed by atoms with Gasteiger partial charge in [0.05, 0.1) is 19.3 Å². The molecule has 1 heterocycles. The van der Waals surface area contributed by atoms with Crippen LogP contribution in [-0.2, 0) is 4.74 Å². The standard InChI is InChI=1S/C17H25N3O/c1-12(2)13-3-5-14(6-4-13)15-11-16(15)19-17(18)20-7-9-21-10-8-20/h3-6,12,15-16H,7-11H2,1-2H3,(H2,18,19). The van der Waals surface area contributed by atoms with E-state index in [4.69, 9.17) is 15.5 Å². The number of nitrogens with zero attached hydrogens (tertiary/aromatic N) is 2. The molecule has 1 aliphatic heterocycles. The third-order valence-corrected chi connectivity index (χ3v) is 4.42. The second kappa shape index (κ2) is 6.06. The molecule has 0 radical (unpaired) electrons. The van der Waals surface area contributed by atoms with Crippen molar-refractivity contribution in [2.45, 2.75) is 38.1 Å². The first kappa shape index (κ1) is 14.4. The molecule has 2 aliphatic rings. The van der Waals surface area contributed by atoms with Gasteiger partial charge in [0, 0.05) is 19.0 Å². The summed E-state index contributed by atoms with van der Waals surface area (Å²) in [6, 6.07) is 9.34. The average molecular weight is 287 g/mol. The fourth-order valence-electron chi connectivity index (χ4n) is 2.85. The molecule has 0 bridgehead atoms. The fourth-order valence-corrected chi connectivity index (χ4v) is 2.85. The molecule has 1 aromatic rings. The van der Waals surface area contributed by atoms with E-state index in [9.17, 15) is 0 Å². The van der Waals surface area contributed by atoms with E-state index in [0.717, 1.165) is 32.7 Å². The average Bonchev–Trinajstić information content (AvgIpc) is 3.27. The van der Waals surface area contributed by atoms with E-state index in [1.54, 1.807) is 0 Å². The van der Waals surface area contributed by atoms with Crippen molar-refractivity contribution in [2.75, 3.05) is 26.3 Å². The largest absolute Gasteiger partial charge is 0.378 e. The fraction of sp³-hybridized carbons (Fsp3) is 0.588. The first-order chi connectivity index (χ1) is 10.1. The van der Waals surface area contributed by atoms with Gasteiger partial charge in [-0.1, -0.05) is 38.1 Å². The molecular formula is C17H25N3O. The molecule has 21 heavy (non-hydrogen) atoms. The Kier molecular flexibility index (Phi) is 4.15. The van der Waals surface area contributed by atoms with Gasteiger partial charge in [-0.15, -0.1) is 0 Å². The lowest BCUT2D eigenvalue weighted by Crippen LogP contribution is -2.45. The van der Waals surface area contributed by atoms with Crippen molar-refractivity contribution in [1.82, 2.24) is 4.90 Å². The maximum atomic E-state index is 6.11. The number of benzene rings is 1. The van der Waals surface area contributed by atoms with Crippen molar-refractivity contribution in [3.63, 3.8) is 0 Å². The van der Waals surface area contributed by atoms with Gasteiger partial charge in [-0.25, -0.2) is 4.99 Å². The third kappa shape index (κ3) is 3.38. The molecule has 2 atom stereocenters. The number of ether oxygens (including phenoxy) is 1. The quantitative estimate of drug-likeness (QED) is 0.685. The van der Waals surface area contributed by atoms with E-state index in [1.165, 1.54) is 11.1 Å². The Bertz CT molecular complexity index is 503. The van der Waals surface area contributed by atoms with Crippen molar-refractivity contribution in [3.8, 4) is 0 Å². The molecule has 0 amide bonds. The number of hydrogen-bond donors (Lipinski definition) is 1. The topological polar surface area (TPSA) is 50.8 Å². The molecular weight excluding hydrogens is 262 g/mol. The maximum Gasteiger partial charge on any atom is 0.191 e. The van der Waals surface area contributed by atoms with Crippen LogP contribution in [0.1, 0.15) is 43.2 Å². The van der Waals surface area contributed by atoms with E-state index in [2.05, 4.69) is 43.0 Å². The SMILES string of the molecule is CC(C)c1ccc(C2CC2N=C(N)N2CCOCC2)cc1. The van der Waals surface area contributed by atoms with Gasteiger partial charge in [-0.2, -0.15) is 0 Å². The summed E-state index contributed by atoms with van der Waals surface area (Å²) in [6.45, 7) is 7.66. The monoisotopic (exact) mass is 287 g/mol. The van der Waals surface area contributed by atoms with Crippen LogP contribution in [0.4, 0.5) is 0 Å². The number of hydrogen-bond acceptors (Lipinski definition) is 2. The smallest absolute Gasteiger partial charge is 0.191 e. The minimum atomic E-state index is 0.359. The molecule has 1 saturated carbocycles. The second-order valence-corrected chi connectivity index (χ2v) is 6.32. The first-order valence-electron chi connectivity index (χ1n) is 7.91. The number of nitrogens with two attached hydrogens (primary N) is 1. The van der Waals surface area contributed by atoms with Gasteiger partial charge in [0.1, 0.15) is 0 Å². The summed E-state index contributed by atoms with van der Waals surface area (Å²) < 4.78 is 5.34. The summed E-state index contributed by atoms with van der Waals surface area (Å²) in [5.74, 6) is 1.82. The minimum absolute atomic E-state index is 0.359. The molecule has 4 heteroatoms. The molecule has 2 unspecified atom stereocenters. The second-order valence-electron chi connectivity index (χ2n) is 6.32. The molecule has 3 rings (SSSR count). The Morgan fingerprint density at radius 1 is 1.24 bits per heavy atom. The summed E-state index contributed by atoms with van der Waals surface area (Å²) >= 11 is 0. The van der Waals surface area contributed by atoms with Crippen molar-refractivity contribution in [3.05, 3.63) is 35.4 Å². The van der Waals surface area contributed by atoms with Gasteiger partial charge >= 0.3 is 0 Å². The van der Waals surface area contributed by atoms with E-state index >= 15 is 0 Å². The highest BCUT2D eigenvalue weighted by atomic mass is 16.5. The lowest BCUT2D eigenvalue weighted by Gasteiger charge is -2.27. The van der Waals surface area contributed by atoms with Crippen molar-refractivity contribution < 1.29 is 4.74 Å². The van der Waals surface area contributed by atoms with Crippen LogP contribution in [0.5, 0.6) is 0 Å². The van der Waals surface area contributed by atoms with Crippen LogP contribution in [-0.4, -0.2) is 43.2 Å². The van der Waals surface area contributed by atoms with Crippen LogP contribution in [0, 0.1) is 0 Å². The van der Waals surface area contributed by atoms with Gasteiger partial charge in [-0.3, -0.25) is 0 Å². The predicted octanol–water partition coefficient (Wildman–Crippen LogP) is 2.31. The van der Waals surface area contributed by atoms with Gasteiger partial charge in [0.25, 0.3) is 0 Å². The molecule has 4 nitrogen and oxygen atoms in total. The van der Waals surface area contributed by atoms with E-state index in [0.29, 0.717) is 23.8 Å². The summed E-state index contributed by atoms with van der Waals surface area (Å²) in [6.07, 6.45) is 1.12. The number of aliphatic imine (C=N–C) groups is 1. The Morgan fingerprint density at radius 3 is 2.52 bits per heavy atom. The van der Waals surface area contributed by atoms with Crippen LogP contribution in [0.25, 0.3) is 0 Å². The van der Waals surface area contributed by atoms with Crippen molar-refractivity contribution >= 4 is 5.96 Å². The van der Waals surface area contributed by atoms with E-state index in [-0.39, 0.29) is 0 Å². The van der Waals surface area contributed by atoms with Crippen molar-refractivity contribution in [2.24, 2.45) is 10.7 Å². The Balaban J connectivity index is 1.60. The lowest BCUT2D eigenvalue weighted by molar-refractivity contribution is 0.0674. The molecule has 1 saturated heterocycles. The minimum Gasteiger partial charge on any atom is -0.378 e. The van der Waals surface area contributed by atoms with E-state index < -0.39 is 0 Å². The van der Waals surface area contributed by atoms with Crippen LogP contribution >= 0.6 is 0 Å². The highest BCUT2D eigenvalue weighted by Crippen LogP contribution is 2.43. The van der Waals surface area contributed by atoms with Crippen molar-refractivity contribution in [1.29, 1.82) is 0 Å². The third-order valence-electron chi connectivity index (χ3n) is 4.42. The maximum absolute atomic E-state index is 6.11. The van der Waals surface area contributed by atoms with Gasteiger partial charge in [-0.05, 0) is 23.5 Å². The Morgan fingerprint density at radius 2 is 1.90 bits per heavy atom. The lowest BCUT2D eigenvalue weighted by atomic mass is 10.0. The molecule has 1 aromatic carbocycles.